The first kappa shape index (κ1) is 26.0. The first-order valence-electron chi connectivity index (χ1n) is 10.7. The third-order valence-corrected chi connectivity index (χ3v) is 6.40. The fourth-order valence-electron chi connectivity index (χ4n) is 3.54. The van der Waals surface area contributed by atoms with Gasteiger partial charge >= 0.3 is 5.97 Å². The Morgan fingerprint density at radius 1 is 0.971 bits per heavy atom. The molecule has 0 spiro atoms. The first-order valence-corrected chi connectivity index (χ1v) is 12.8. The summed E-state index contributed by atoms with van der Waals surface area (Å²) in [5, 5.41) is 33.3. The molecular weight excluding hydrogens is 472 g/mol. The lowest BCUT2D eigenvalue weighted by Gasteiger charge is -2.21. The second-order valence-electron chi connectivity index (χ2n) is 8.13. The number of carboxylic acid groups (broad SMARTS) is 1. The van der Waals surface area contributed by atoms with E-state index >= 15 is 0 Å². The van der Waals surface area contributed by atoms with Gasteiger partial charge in [0.2, 0.25) is 0 Å². The summed E-state index contributed by atoms with van der Waals surface area (Å²) < 4.78 is 22.9. The Bertz CT molecular complexity index is 1280. The van der Waals surface area contributed by atoms with E-state index in [0.29, 0.717) is 22.3 Å². The Hall–Kier alpha value is -3.60. The molecule has 1 heterocycles. The van der Waals surface area contributed by atoms with Crippen molar-refractivity contribution in [3.63, 3.8) is 0 Å². The van der Waals surface area contributed by atoms with Gasteiger partial charge in [-0.2, -0.15) is 0 Å². The molecular formula is C25H26N2O7S. The van der Waals surface area contributed by atoms with Crippen LogP contribution in [0.1, 0.15) is 40.1 Å². The largest absolute Gasteiger partial charge is 0.480 e. The van der Waals surface area contributed by atoms with Crippen LogP contribution in [0.5, 0.6) is 0 Å². The molecule has 10 heteroatoms. The van der Waals surface area contributed by atoms with Gasteiger partial charge in [0.25, 0.3) is 5.91 Å². The summed E-state index contributed by atoms with van der Waals surface area (Å²) in [5.74, 6) is -2.46. The molecule has 0 fully saturated rings. The summed E-state index contributed by atoms with van der Waals surface area (Å²) in [7, 11) is -3.42. The van der Waals surface area contributed by atoms with E-state index < -0.39 is 45.7 Å². The van der Waals surface area contributed by atoms with Gasteiger partial charge in [0, 0.05) is 29.8 Å². The summed E-state index contributed by atoms with van der Waals surface area (Å²) >= 11 is 0. The number of hydrogen-bond acceptors (Lipinski definition) is 7. The number of carbonyl (C=O) groups excluding carboxylic acids is 1. The normalized spacial score (nSPS) is 14.0. The van der Waals surface area contributed by atoms with E-state index in [9.17, 15) is 33.3 Å². The number of carboxylic acids is 1. The average molecular weight is 499 g/mol. The van der Waals surface area contributed by atoms with Crippen LogP contribution in [-0.2, 0) is 14.6 Å². The molecule has 1 aromatic heterocycles. The van der Waals surface area contributed by atoms with Crippen LogP contribution in [0.3, 0.4) is 0 Å². The molecule has 0 radical (unpaired) electrons. The fraction of sp³-hybridized carbons (Fsp3) is 0.240. The van der Waals surface area contributed by atoms with Gasteiger partial charge < -0.3 is 20.6 Å². The van der Waals surface area contributed by atoms with Crippen LogP contribution < -0.4 is 5.32 Å². The maximum atomic E-state index is 13.1. The van der Waals surface area contributed by atoms with Crippen LogP contribution in [0.4, 0.5) is 0 Å². The molecule has 9 nitrogen and oxygen atoms in total. The number of carbonyl (C=O) groups is 2. The Kier molecular flexibility index (Phi) is 8.34. The maximum Gasteiger partial charge on any atom is 0.326 e. The molecule has 3 atom stereocenters. The van der Waals surface area contributed by atoms with Crippen molar-refractivity contribution >= 4 is 21.7 Å². The van der Waals surface area contributed by atoms with Gasteiger partial charge in [0.1, 0.15) is 28.1 Å². The molecule has 3 unspecified atom stereocenters. The molecule has 35 heavy (non-hydrogen) atoms. The molecule has 0 saturated carbocycles. The Balaban J connectivity index is 1.95. The van der Waals surface area contributed by atoms with Gasteiger partial charge in [-0.25, -0.2) is 13.2 Å². The van der Waals surface area contributed by atoms with Crippen LogP contribution in [0.25, 0.3) is 11.1 Å². The van der Waals surface area contributed by atoms with E-state index in [4.69, 9.17) is 0 Å². The van der Waals surface area contributed by atoms with Crippen molar-refractivity contribution in [3.8, 4) is 11.1 Å². The van der Waals surface area contributed by atoms with E-state index in [0.717, 1.165) is 6.26 Å². The van der Waals surface area contributed by atoms with Crippen LogP contribution >= 0.6 is 0 Å². The van der Waals surface area contributed by atoms with E-state index in [2.05, 4.69) is 10.3 Å². The minimum atomic E-state index is -3.42. The van der Waals surface area contributed by atoms with Crippen LogP contribution in [0.2, 0.25) is 0 Å². The lowest BCUT2D eigenvalue weighted by molar-refractivity contribution is -0.139. The van der Waals surface area contributed by atoms with E-state index in [1.165, 1.54) is 18.3 Å². The van der Waals surface area contributed by atoms with Gasteiger partial charge in [-0.05, 0) is 41.3 Å². The lowest BCUT2D eigenvalue weighted by atomic mass is 9.92. The third kappa shape index (κ3) is 6.95. The number of aliphatic carboxylic acids is 1. The number of rotatable bonds is 10. The average Bonchev–Trinajstić information content (AvgIpc) is 2.85. The predicted molar refractivity (Wildman–Crippen MR) is 129 cm³/mol. The molecule has 2 aromatic carbocycles. The van der Waals surface area contributed by atoms with Gasteiger partial charge in [-0.15, -0.1) is 0 Å². The predicted octanol–water partition coefficient (Wildman–Crippen LogP) is 2.13. The molecule has 4 N–H and O–H groups in total. The number of sulfone groups is 1. The molecule has 184 valence electrons. The monoisotopic (exact) mass is 498 g/mol. The smallest absolute Gasteiger partial charge is 0.326 e. The summed E-state index contributed by atoms with van der Waals surface area (Å²) in [6, 6.07) is 15.1. The molecule has 0 aliphatic rings. The van der Waals surface area contributed by atoms with Crippen molar-refractivity contribution in [1.82, 2.24) is 10.3 Å². The van der Waals surface area contributed by atoms with Gasteiger partial charge in [0.05, 0.1) is 5.75 Å². The molecule has 3 rings (SSSR count). The van der Waals surface area contributed by atoms with Crippen molar-refractivity contribution in [1.29, 1.82) is 0 Å². The van der Waals surface area contributed by atoms with Crippen molar-refractivity contribution in [3.05, 3.63) is 89.7 Å². The van der Waals surface area contributed by atoms with Gasteiger partial charge in [-0.1, -0.05) is 42.5 Å². The van der Waals surface area contributed by atoms with Crippen molar-refractivity contribution in [2.75, 3.05) is 12.0 Å². The van der Waals surface area contributed by atoms with Gasteiger partial charge in [-0.3, -0.25) is 9.78 Å². The zero-order chi connectivity index (χ0) is 25.6. The lowest BCUT2D eigenvalue weighted by Crippen LogP contribution is -2.42. The molecule has 0 aliphatic carbocycles. The zero-order valence-electron chi connectivity index (χ0n) is 18.9. The number of aliphatic hydroxyl groups is 2. The fourth-order valence-corrected chi connectivity index (χ4v) is 4.21. The topological polar surface area (TPSA) is 154 Å². The molecule has 3 aromatic rings. The van der Waals surface area contributed by atoms with Crippen molar-refractivity contribution < 1.29 is 33.3 Å². The number of nitrogens with one attached hydrogen (secondary N) is 1. The maximum absolute atomic E-state index is 13.1. The summed E-state index contributed by atoms with van der Waals surface area (Å²) in [6.07, 6.45) is 1.11. The number of pyridine rings is 1. The van der Waals surface area contributed by atoms with E-state index in [1.807, 2.05) is 0 Å². The van der Waals surface area contributed by atoms with Gasteiger partial charge in [0.15, 0.2) is 0 Å². The van der Waals surface area contributed by atoms with Crippen LogP contribution in [0.15, 0.2) is 73.1 Å². The SMILES string of the molecule is CS(=O)(=O)CCC(NC(=O)c1ccc(C(O)C(O)c2cccnc2)cc1-c1ccccc1)C(=O)O. The number of amides is 1. The number of aromatic nitrogens is 1. The minimum absolute atomic E-state index is 0.133. The summed E-state index contributed by atoms with van der Waals surface area (Å²) in [6.45, 7) is 0. The molecule has 0 aliphatic heterocycles. The second-order valence-corrected chi connectivity index (χ2v) is 10.4. The number of aliphatic hydroxyl groups excluding tert-OH is 2. The number of nitrogens with zero attached hydrogens (tertiary/aromatic N) is 1. The number of benzene rings is 2. The Morgan fingerprint density at radius 3 is 2.26 bits per heavy atom. The van der Waals surface area contributed by atoms with Crippen LogP contribution in [0, 0.1) is 0 Å². The van der Waals surface area contributed by atoms with Crippen molar-refractivity contribution in [2.45, 2.75) is 24.7 Å². The molecule has 0 bridgehead atoms. The third-order valence-electron chi connectivity index (χ3n) is 5.42. The second kappa shape index (κ2) is 11.2. The quantitative estimate of drug-likeness (QED) is 0.332. The van der Waals surface area contributed by atoms with E-state index in [1.54, 1.807) is 54.7 Å². The minimum Gasteiger partial charge on any atom is -0.480 e. The summed E-state index contributed by atoms with van der Waals surface area (Å²) in [4.78, 5) is 28.6. The summed E-state index contributed by atoms with van der Waals surface area (Å²) in [5.41, 5.74) is 1.92. The molecule has 0 saturated heterocycles. The highest BCUT2D eigenvalue weighted by molar-refractivity contribution is 7.90. The highest BCUT2D eigenvalue weighted by Crippen LogP contribution is 2.33. The Labute approximate surface area is 203 Å². The zero-order valence-corrected chi connectivity index (χ0v) is 19.7. The number of hydrogen-bond donors (Lipinski definition) is 4. The van der Waals surface area contributed by atoms with E-state index in [-0.39, 0.29) is 12.0 Å². The van der Waals surface area contributed by atoms with Crippen molar-refractivity contribution in [2.24, 2.45) is 0 Å². The standard InChI is InChI=1S/C25H26N2O7S/c1-35(33,34)13-11-21(25(31)32)27-24(30)19-10-9-17(14-20(19)16-6-3-2-4-7-16)22(28)23(29)18-8-5-12-26-15-18/h2-10,12,14-15,21-23,28-29H,11,13H2,1H3,(H,27,30)(H,31,32). The van der Waals surface area contributed by atoms with Crippen LogP contribution in [-0.4, -0.2) is 58.6 Å². The Morgan fingerprint density at radius 2 is 1.66 bits per heavy atom. The highest BCUT2D eigenvalue weighted by atomic mass is 32.2. The first-order chi connectivity index (χ1) is 16.6. The molecule has 1 amide bonds. The highest BCUT2D eigenvalue weighted by Gasteiger charge is 2.26.